The Morgan fingerprint density at radius 2 is 2.00 bits per heavy atom. The molecule has 3 rings (SSSR count). The molecule has 0 spiro atoms. The molecule has 1 aromatic carbocycles. The SMILES string of the molecule is CCN(C)c1cccc(NC(=O)c2cc3sc(N(C)C)nc3s2)c1. The van der Waals surface area contributed by atoms with E-state index in [2.05, 4.69) is 22.1 Å². The second-order valence-electron chi connectivity index (χ2n) is 5.69. The van der Waals surface area contributed by atoms with Crippen LogP contribution in [0, 0.1) is 0 Å². The van der Waals surface area contributed by atoms with Gasteiger partial charge in [-0.2, -0.15) is 0 Å². The molecule has 0 radical (unpaired) electrons. The average molecular weight is 361 g/mol. The Morgan fingerprint density at radius 3 is 2.67 bits per heavy atom. The van der Waals surface area contributed by atoms with Gasteiger partial charge >= 0.3 is 0 Å². The van der Waals surface area contributed by atoms with Crippen molar-refractivity contribution in [2.75, 3.05) is 42.8 Å². The summed E-state index contributed by atoms with van der Waals surface area (Å²) < 4.78 is 1.05. The van der Waals surface area contributed by atoms with Gasteiger partial charge in [-0.1, -0.05) is 17.4 Å². The van der Waals surface area contributed by atoms with Crippen LogP contribution in [-0.4, -0.2) is 38.6 Å². The van der Waals surface area contributed by atoms with Gasteiger partial charge in [-0.25, -0.2) is 4.98 Å². The molecule has 3 aromatic rings. The van der Waals surface area contributed by atoms with Crippen LogP contribution in [0.2, 0.25) is 0 Å². The van der Waals surface area contributed by atoms with Gasteiger partial charge in [-0.3, -0.25) is 4.79 Å². The van der Waals surface area contributed by atoms with Crippen molar-refractivity contribution in [2.24, 2.45) is 0 Å². The van der Waals surface area contributed by atoms with E-state index in [0.717, 1.165) is 32.6 Å². The summed E-state index contributed by atoms with van der Waals surface area (Å²) >= 11 is 3.03. The maximum absolute atomic E-state index is 12.5. The summed E-state index contributed by atoms with van der Waals surface area (Å²) in [6.45, 7) is 3.01. The lowest BCUT2D eigenvalue weighted by molar-refractivity contribution is 0.103. The molecular weight excluding hydrogens is 340 g/mol. The molecule has 0 unspecified atom stereocenters. The Bertz CT molecular complexity index is 837. The molecule has 2 aromatic heterocycles. The van der Waals surface area contributed by atoms with Crippen LogP contribution in [0.5, 0.6) is 0 Å². The van der Waals surface area contributed by atoms with Crippen molar-refractivity contribution in [3.05, 3.63) is 35.2 Å². The molecule has 0 atom stereocenters. The fraction of sp³-hybridized carbons (Fsp3) is 0.294. The largest absolute Gasteiger partial charge is 0.375 e. The summed E-state index contributed by atoms with van der Waals surface area (Å²) in [5.74, 6) is -0.0899. The van der Waals surface area contributed by atoms with Gasteiger partial charge in [-0.15, -0.1) is 11.3 Å². The van der Waals surface area contributed by atoms with Gasteiger partial charge in [0.15, 0.2) is 5.13 Å². The van der Waals surface area contributed by atoms with Crippen LogP contribution >= 0.6 is 22.7 Å². The second kappa shape index (κ2) is 6.78. The summed E-state index contributed by atoms with van der Waals surface area (Å²) in [5.41, 5.74) is 1.89. The third-order valence-electron chi connectivity index (χ3n) is 3.70. The molecule has 7 heteroatoms. The maximum atomic E-state index is 12.5. The molecule has 24 heavy (non-hydrogen) atoms. The second-order valence-corrected chi connectivity index (χ2v) is 7.73. The Labute approximate surface area is 149 Å². The number of hydrogen-bond donors (Lipinski definition) is 1. The Balaban J connectivity index is 1.78. The number of thiophene rings is 1. The average Bonchev–Trinajstić information content (AvgIpc) is 3.13. The van der Waals surface area contributed by atoms with Gasteiger partial charge in [0.1, 0.15) is 4.83 Å². The number of hydrogen-bond acceptors (Lipinski definition) is 6. The van der Waals surface area contributed by atoms with E-state index >= 15 is 0 Å². The Hall–Kier alpha value is -2.12. The number of carbonyl (C=O) groups is 1. The first kappa shape index (κ1) is 16.7. The first-order valence-electron chi connectivity index (χ1n) is 7.68. The van der Waals surface area contributed by atoms with E-state index in [-0.39, 0.29) is 5.91 Å². The predicted molar refractivity (Wildman–Crippen MR) is 105 cm³/mol. The quantitative estimate of drug-likeness (QED) is 0.743. The number of benzene rings is 1. The topological polar surface area (TPSA) is 48.5 Å². The lowest BCUT2D eigenvalue weighted by Gasteiger charge is -2.17. The number of carbonyl (C=O) groups excluding carboxylic acids is 1. The molecule has 1 N–H and O–H groups in total. The first-order chi connectivity index (χ1) is 11.5. The summed E-state index contributed by atoms with van der Waals surface area (Å²) in [6.07, 6.45) is 0. The van der Waals surface area contributed by atoms with Crippen LogP contribution in [0.3, 0.4) is 0 Å². The third kappa shape index (κ3) is 3.37. The zero-order valence-electron chi connectivity index (χ0n) is 14.2. The number of aromatic nitrogens is 1. The monoisotopic (exact) mass is 360 g/mol. The molecule has 0 saturated carbocycles. The molecule has 1 amide bonds. The number of fused-ring (bicyclic) bond motifs is 1. The highest BCUT2D eigenvalue weighted by Crippen LogP contribution is 2.34. The number of nitrogens with zero attached hydrogens (tertiary/aromatic N) is 3. The highest BCUT2D eigenvalue weighted by molar-refractivity contribution is 7.29. The molecule has 2 heterocycles. The van der Waals surface area contributed by atoms with Crippen LogP contribution < -0.4 is 15.1 Å². The van der Waals surface area contributed by atoms with E-state index in [1.807, 2.05) is 56.4 Å². The summed E-state index contributed by atoms with van der Waals surface area (Å²) in [5, 5.41) is 3.93. The van der Waals surface area contributed by atoms with Crippen molar-refractivity contribution in [3.8, 4) is 0 Å². The summed E-state index contributed by atoms with van der Waals surface area (Å²) in [7, 11) is 5.97. The van der Waals surface area contributed by atoms with Crippen molar-refractivity contribution < 1.29 is 4.79 Å². The fourth-order valence-electron chi connectivity index (χ4n) is 2.22. The van der Waals surface area contributed by atoms with E-state index in [0.29, 0.717) is 4.88 Å². The molecule has 0 aliphatic rings. The van der Waals surface area contributed by atoms with Gasteiger partial charge in [0.2, 0.25) is 0 Å². The number of nitrogens with one attached hydrogen (secondary N) is 1. The molecule has 0 fully saturated rings. The molecule has 0 saturated heterocycles. The number of thiazole rings is 1. The Kier molecular flexibility index (Phi) is 4.73. The van der Waals surface area contributed by atoms with Crippen LogP contribution in [0.25, 0.3) is 9.53 Å². The zero-order chi connectivity index (χ0) is 17.3. The fourth-order valence-corrected chi connectivity index (χ4v) is 4.25. The lowest BCUT2D eigenvalue weighted by atomic mass is 10.2. The Morgan fingerprint density at radius 1 is 1.21 bits per heavy atom. The van der Waals surface area contributed by atoms with E-state index in [1.54, 1.807) is 11.3 Å². The van der Waals surface area contributed by atoms with Crippen molar-refractivity contribution in [1.82, 2.24) is 4.98 Å². The van der Waals surface area contributed by atoms with E-state index in [1.165, 1.54) is 11.3 Å². The number of anilines is 3. The van der Waals surface area contributed by atoms with Crippen LogP contribution in [-0.2, 0) is 0 Å². The summed E-state index contributed by atoms with van der Waals surface area (Å²) in [6, 6.07) is 9.80. The minimum atomic E-state index is -0.0899. The standard InChI is InChI=1S/C17H20N4OS2/c1-5-21(4)12-8-6-7-11(9-12)18-15(22)13-10-14-16(23-13)19-17(24-14)20(2)3/h6-10H,5H2,1-4H3,(H,18,22). The van der Waals surface area contributed by atoms with Crippen LogP contribution in [0.1, 0.15) is 16.6 Å². The lowest BCUT2D eigenvalue weighted by Crippen LogP contribution is -2.16. The normalized spacial score (nSPS) is 10.8. The first-order valence-corrected chi connectivity index (χ1v) is 9.31. The summed E-state index contributed by atoms with van der Waals surface area (Å²) in [4.78, 5) is 22.8. The predicted octanol–water partition coefficient (Wildman–Crippen LogP) is 4.13. The van der Waals surface area contributed by atoms with Crippen LogP contribution in [0.4, 0.5) is 16.5 Å². The number of amides is 1. The molecule has 0 bridgehead atoms. The van der Waals surface area contributed by atoms with Gasteiger partial charge in [0.05, 0.1) is 9.58 Å². The van der Waals surface area contributed by atoms with Crippen molar-refractivity contribution in [3.63, 3.8) is 0 Å². The van der Waals surface area contributed by atoms with Crippen molar-refractivity contribution in [2.45, 2.75) is 6.92 Å². The molecular formula is C17H20N4OS2. The molecule has 126 valence electrons. The van der Waals surface area contributed by atoms with Gasteiger partial charge in [0, 0.05) is 39.1 Å². The highest BCUT2D eigenvalue weighted by Gasteiger charge is 2.15. The third-order valence-corrected chi connectivity index (χ3v) is 6.03. The van der Waals surface area contributed by atoms with E-state index in [4.69, 9.17) is 0 Å². The minimum Gasteiger partial charge on any atom is -0.375 e. The zero-order valence-corrected chi connectivity index (χ0v) is 15.8. The molecule has 0 aliphatic heterocycles. The van der Waals surface area contributed by atoms with Crippen LogP contribution in [0.15, 0.2) is 30.3 Å². The van der Waals surface area contributed by atoms with E-state index < -0.39 is 0 Å². The highest BCUT2D eigenvalue weighted by atomic mass is 32.1. The molecule has 5 nitrogen and oxygen atoms in total. The van der Waals surface area contributed by atoms with Gasteiger partial charge in [-0.05, 0) is 31.2 Å². The van der Waals surface area contributed by atoms with Gasteiger partial charge < -0.3 is 15.1 Å². The smallest absolute Gasteiger partial charge is 0.265 e. The number of rotatable bonds is 5. The maximum Gasteiger partial charge on any atom is 0.265 e. The molecule has 0 aliphatic carbocycles. The van der Waals surface area contributed by atoms with Crippen molar-refractivity contribution >= 4 is 54.6 Å². The minimum absolute atomic E-state index is 0.0899. The van der Waals surface area contributed by atoms with Gasteiger partial charge in [0.25, 0.3) is 5.91 Å². The van der Waals surface area contributed by atoms with Crippen molar-refractivity contribution in [1.29, 1.82) is 0 Å². The van der Waals surface area contributed by atoms with E-state index in [9.17, 15) is 4.79 Å².